The summed E-state index contributed by atoms with van der Waals surface area (Å²) in [7, 11) is 0. The fraction of sp³-hybridized carbons (Fsp3) is 0.571. The Morgan fingerprint density at radius 1 is 1.33 bits per heavy atom. The van der Waals surface area contributed by atoms with Gasteiger partial charge in [0.15, 0.2) is 0 Å². The lowest BCUT2D eigenvalue weighted by atomic mass is 9.99. The lowest BCUT2D eigenvalue weighted by Crippen LogP contribution is -2.39. The number of alkyl halides is 1. The topological polar surface area (TPSA) is 3.24 Å². The average molecular weight is 290 g/mol. The summed E-state index contributed by atoms with van der Waals surface area (Å²) >= 11 is 11.5. The fourth-order valence-corrected chi connectivity index (χ4v) is 2.96. The van der Waals surface area contributed by atoms with Crippen LogP contribution in [0.5, 0.6) is 0 Å². The van der Waals surface area contributed by atoms with Crippen LogP contribution in [0.15, 0.2) is 18.2 Å². The number of likely N-dealkylation sites (tertiary alicyclic amines) is 1. The molecule has 1 nitrogen and oxygen atoms in total. The van der Waals surface area contributed by atoms with E-state index in [0.29, 0.717) is 11.9 Å². The van der Waals surface area contributed by atoms with Gasteiger partial charge < -0.3 is 0 Å². The predicted octanol–water partition coefficient (Wildman–Crippen LogP) is 4.46. The molecule has 1 aliphatic heterocycles. The number of halogens is 3. The molecule has 1 aromatic carbocycles. The molecular formula is C14H18Cl2FN. The lowest BCUT2D eigenvalue weighted by Gasteiger charge is -2.35. The third-order valence-electron chi connectivity index (χ3n) is 3.56. The molecule has 100 valence electrons. The van der Waals surface area contributed by atoms with E-state index >= 15 is 0 Å². The molecule has 1 saturated heterocycles. The Hall–Kier alpha value is -0.310. The van der Waals surface area contributed by atoms with E-state index < -0.39 is 0 Å². The van der Waals surface area contributed by atoms with Gasteiger partial charge in [0.05, 0.1) is 5.02 Å². The highest BCUT2D eigenvalue weighted by atomic mass is 35.5. The minimum absolute atomic E-state index is 0.190. The van der Waals surface area contributed by atoms with Crippen LogP contribution in [-0.2, 0) is 6.54 Å². The summed E-state index contributed by atoms with van der Waals surface area (Å²) in [6.45, 7) is 1.86. The van der Waals surface area contributed by atoms with Crippen molar-refractivity contribution in [3.8, 4) is 0 Å². The van der Waals surface area contributed by atoms with E-state index in [2.05, 4.69) is 4.90 Å². The molecule has 1 fully saturated rings. The zero-order valence-corrected chi connectivity index (χ0v) is 11.9. The molecule has 0 aliphatic carbocycles. The molecule has 1 aromatic rings. The SMILES string of the molecule is Fc1cc(CN2CCCCC2CCCl)ccc1Cl. The second-order valence-corrected chi connectivity index (χ2v) is 5.63. The quantitative estimate of drug-likeness (QED) is 0.740. The molecule has 4 heteroatoms. The summed E-state index contributed by atoms with van der Waals surface area (Å²) in [6.07, 6.45) is 4.70. The van der Waals surface area contributed by atoms with Crippen LogP contribution in [0.3, 0.4) is 0 Å². The molecule has 2 rings (SSSR count). The minimum Gasteiger partial charge on any atom is -0.296 e. The van der Waals surface area contributed by atoms with E-state index in [1.807, 2.05) is 6.07 Å². The van der Waals surface area contributed by atoms with E-state index in [-0.39, 0.29) is 10.8 Å². The summed E-state index contributed by atoms with van der Waals surface area (Å²) in [6, 6.07) is 5.61. The van der Waals surface area contributed by atoms with Gasteiger partial charge in [-0.2, -0.15) is 0 Å². The molecule has 0 N–H and O–H groups in total. The zero-order chi connectivity index (χ0) is 13.0. The number of rotatable bonds is 4. The summed E-state index contributed by atoms with van der Waals surface area (Å²) < 4.78 is 13.4. The van der Waals surface area contributed by atoms with Crippen molar-refractivity contribution in [2.24, 2.45) is 0 Å². The Kier molecular flexibility index (Phi) is 5.28. The Balaban J connectivity index is 2.03. The number of hydrogen-bond donors (Lipinski definition) is 0. The van der Waals surface area contributed by atoms with Gasteiger partial charge in [-0.15, -0.1) is 11.6 Å². The molecule has 18 heavy (non-hydrogen) atoms. The van der Waals surface area contributed by atoms with Gasteiger partial charge in [0.1, 0.15) is 5.82 Å². The van der Waals surface area contributed by atoms with Gasteiger partial charge in [-0.3, -0.25) is 4.90 Å². The maximum Gasteiger partial charge on any atom is 0.142 e. The minimum atomic E-state index is -0.333. The van der Waals surface area contributed by atoms with Crippen molar-refractivity contribution in [3.05, 3.63) is 34.6 Å². The third kappa shape index (κ3) is 3.59. The van der Waals surface area contributed by atoms with Crippen molar-refractivity contribution >= 4 is 23.2 Å². The highest BCUT2D eigenvalue weighted by Gasteiger charge is 2.21. The van der Waals surface area contributed by atoms with Crippen molar-refractivity contribution in [2.45, 2.75) is 38.3 Å². The van der Waals surface area contributed by atoms with Crippen LogP contribution in [0.2, 0.25) is 5.02 Å². The highest BCUT2D eigenvalue weighted by molar-refractivity contribution is 6.30. The Bertz CT molecular complexity index is 395. The van der Waals surface area contributed by atoms with Crippen LogP contribution in [0.25, 0.3) is 0 Å². The first-order valence-corrected chi connectivity index (χ1v) is 7.36. The Morgan fingerprint density at radius 2 is 2.17 bits per heavy atom. The van der Waals surface area contributed by atoms with Crippen LogP contribution >= 0.6 is 23.2 Å². The third-order valence-corrected chi connectivity index (χ3v) is 4.09. The number of hydrogen-bond acceptors (Lipinski definition) is 1. The maximum absolute atomic E-state index is 13.4. The van der Waals surface area contributed by atoms with Crippen molar-refractivity contribution < 1.29 is 4.39 Å². The number of piperidine rings is 1. The summed E-state index contributed by atoms with van der Waals surface area (Å²) in [5.41, 5.74) is 0.985. The normalized spacial score (nSPS) is 21.2. The Morgan fingerprint density at radius 3 is 2.89 bits per heavy atom. The van der Waals surface area contributed by atoms with Crippen LogP contribution in [-0.4, -0.2) is 23.4 Å². The van der Waals surface area contributed by atoms with E-state index in [9.17, 15) is 4.39 Å². The first kappa shape index (κ1) is 14.1. The van der Waals surface area contributed by atoms with E-state index in [1.54, 1.807) is 6.07 Å². The number of benzene rings is 1. The second kappa shape index (κ2) is 6.74. The maximum atomic E-state index is 13.4. The molecule has 0 bridgehead atoms. The van der Waals surface area contributed by atoms with Gasteiger partial charge >= 0.3 is 0 Å². The number of nitrogens with zero attached hydrogens (tertiary/aromatic N) is 1. The van der Waals surface area contributed by atoms with Crippen LogP contribution in [0.1, 0.15) is 31.2 Å². The standard InChI is InChI=1S/C14H18Cl2FN/c15-7-6-12-3-1-2-8-18(12)10-11-4-5-13(16)14(17)9-11/h4-5,9,12H,1-3,6-8,10H2. The second-order valence-electron chi connectivity index (χ2n) is 4.85. The van der Waals surface area contributed by atoms with Gasteiger partial charge in [0, 0.05) is 18.5 Å². The highest BCUT2D eigenvalue weighted by Crippen LogP contribution is 2.23. The molecule has 1 aliphatic rings. The zero-order valence-electron chi connectivity index (χ0n) is 10.3. The summed E-state index contributed by atoms with van der Waals surface area (Å²) in [5.74, 6) is 0.357. The molecule has 0 amide bonds. The smallest absolute Gasteiger partial charge is 0.142 e. The molecule has 0 saturated carbocycles. The summed E-state index contributed by atoms with van der Waals surface area (Å²) in [5, 5.41) is 0.190. The van der Waals surface area contributed by atoms with Crippen molar-refractivity contribution in [1.82, 2.24) is 4.90 Å². The van der Waals surface area contributed by atoms with Crippen LogP contribution in [0, 0.1) is 5.82 Å². The molecule has 0 radical (unpaired) electrons. The predicted molar refractivity (Wildman–Crippen MR) is 74.8 cm³/mol. The van der Waals surface area contributed by atoms with Crippen LogP contribution in [0.4, 0.5) is 4.39 Å². The van der Waals surface area contributed by atoms with E-state index in [1.165, 1.54) is 25.3 Å². The summed E-state index contributed by atoms with van der Waals surface area (Å²) in [4.78, 5) is 2.41. The van der Waals surface area contributed by atoms with E-state index in [4.69, 9.17) is 23.2 Å². The van der Waals surface area contributed by atoms with Gasteiger partial charge in [0.2, 0.25) is 0 Å². The van der Waals surface area contributed by atoms with Gasteiger partial charge in [-0.25, -0.2) is 4.39 Å². The van der Waals surface area contributed by atoms with Crippen molar-refractivity contribution in [2.75, 3.05) is 12.4 Å². The van der Waals surface area contributed by atoms with Crippen LogP contribution < -0.4 is 0 Å². The molecule has 0 spiro atoms. The molecular weight excluding hydrogens is 272 g/mol. The molecule has 1 unspecified atom stereocenters. The lowest BCUT2D eigenvalue weighted by molar-refractivity contribution is 0.136. The fourth-order valence-electron chi connectivity index (χ4n) is 2.59. The monoisotopic (exact) mass is 289 g/mol. The van der Waals surface area contributed by atoms with Crippen molar-refractivity contribution in [1.29, 1.82) is 0 Å². The Labute approximate surface area is 118 Å². The van der Waals surface area contributed by atoms with Gasteiger partial charge in [-0.1, -0.05) is 24.1 Å². The first-order valence-electron chi connectivity index (χ1n) is 6.44. The van der Waals surface area contributed by atoms with Gasteiger partial charge in [0.25, 0.3) is 0 Å². The largest absolute Gasteiger partial charge is 0.296 e. The average Bonchev–Trinajstić information content (AvgIpc) is 2.37. The first-order chi connectivity index (χ1) is 8.70. The molecule has 1 atom stereocenters. The van der Waals surface area contributed by atoms with E-state index in [0.717, 1.165) is 25.1 Å². The van der Waals surface area contributed by atoms with Gasteiger partial charge in [-0.05, 0) is 43.5 Å². The molecule has 1 heterocycles. The van der Waals surface area contributed by atoms with Crippen molar-refractivity contribution in [3.63, 3.8) is 0 Å². The molecule has 0 aromatic heterocycles.